The Morgan fingerprint density at radius 2 is 2.14 bits per heavy atom. The third-order valence-electron chi connectivity index (χ3n) is 2.86. The first-order chi connectivity index (χ1) is 6.70. The second kappa shape index (κ2) is 3.45. The van der Waals surface area contributed by atoms with Crippen LogP contribution in [0.3, 0.4) is 0 Å². The van der Waals surface area contributed by atoms with E-state index < -0.39 is 0 Å². The Labute approximate surface area is 84.5 Å². The number of carbonyl (C=O) groups excluding carboxylic acids is 1. The Morgan fingerprint density at radius 3 is 2.93 bits per heavy atom. The van der Waals surface area contributed by atoms with Gasteiger partial charge in [0.1, 0.15) is 0 Å². The summed E-state index contributed by atoms with van der Waals surface area (Å²) >= 11 is 0. The van der Waals surface area contributed by atoms with Crippen molar-refractivity contribution in [3.05, 3.63) is 34.9 Å². The molecule has 0 saturated carbocycles. The summed E-state index contributed by atoms with van der Waals surface area (Å²) in [5, 5.41) is 0. The molecule has 0 saturated heterocycles. The maximum absolute atomic E-state index is 12.0. The Kier molecular flexibility index (Phi) is 2.28. The van der Waals surface area contributed by atoms with Gasteiger partial charge in [-0.2, -0.15) is 0 Å². The Bertz CT molecular complexity index is 371. The molecular weight excluding hydrogens is 174 g/mol. The number of carbonyl (C=O) groups is 1. The molecule has 1 heterocycles. The van der Waals surface area contributed by atoms with Crippen LogP contribution in [0.2, 0.25) is 0 Å². The quantitative estimate of drug-likeness (QED) is 0.611. The van der Waals surface area contributed by atoms with Gasteiger partial charge in [-0.15, -0.1) is 0 Å². The zero-order chi connectivity index (χ0) is 10.1. The summed E-state index contributed by atoms with van der Waals surface area (Å²) in [4.78, 5) is 13.8. The predicted molar refractivity (Wildman–Crippen MR) is 56.5 cm³/mol. The molecule has 0 bridgehead atoms. The highest BCUT2D eigenvalue weighted by Gasteiger charge is 2.20. The molecule has 1 aliphatic rings. The molecule has 2 rings (SSSR count). The molecule has 2 nitrogen and oxygen atoms in total. The molecule has 0 spiro atoms. The smallest absolute Gasteiger partial charge is 0.254 e. The van der Waals surface area contributed by atoms with Crippen LogP contribution in [0.1, 0.15) is 27.9 Å². The van der Waals surface area contributed by atoms with Crippen molar-refractivity contribution >= 4 is 5.91 Å². The molecule has 74 valence electrons. The van der Waals surface area contributed by atoms with Crippen molar-refractivity contribution in [2.45, 2.75) is 19.8 Å². The Balaban J connectivity index is 2.55. The minimum atomic E-state index is 0.176. The zero-order valence-electron chi connectivity index (χ0n) is 8.71. The Morgan fingerprint density at radius 1 is 1.36 bits per heavy atom. The summed E-state index contributed by atoms with van der Waals surface area (Å²) in [7, 11) is 1.88. The number of amides is 1. The maximum atomic E-state index is 12.0. The number of aryl methyl sites for hydroxylation is 2. The normalized spacial score (nSPS) is 16.4. The van der Waals surface area contributed by atoms with Crippen molar-refractivity contribution in [2.75, 3.05) is 13.6 Å². The molecule has 1 aromatic carbocycles. The van der Waals surface area contributed by atoms with E-state index in [4.69, 9.17) is 0 Å². The predicted octanol–water partition coefficient (Wildman–Crippen LogP) is 2.01. The molecule has 0 aliphatic carbocycles. The third kappa shape index (κ3) is 1.41. The van der Waals surface area contributed by atoms with E-state index in [1.807, 2.05) is 31.0 Å². The summed E-state index contributed by atoms with van der Waals surface area (Å²) in [5.74, 6) is 0.176. The van der Waals surface area contributed by atoms with Gasteiger partial charge in [-0.3, -0.25) is 4.79 Å². The molecule has 0 aromatic heterocycles. The Hall–Kier alpha value is -1.31. The lowest BCUT2D eigenvalue weighted by Gasteiger charge is -2.15. The van der Waals surface area contributed by atoms with E-state index in [-0.39, 0.29) is 5.91 Å². The van der Waals surface area contributed by atoms with E-state index >= 15 is 0 Å². The zero-order valence-corrected chi connectivity index (χ0v) is 8.71. The van der Waals surface area contributed by atoms with Gasteiger partial charge in [-0.1, -0.05) is 18.2 Å². The number of rotatable bonds is 0. The van der Waals surface area contributed by atoms with Gasteiger partial charge < -0.3 is 4.90 Å². The maximum Gasteiger partial charge on any atom is 0.254 e. The first kappa shape index (κ1) is 9.25. The van der Waals surface area contributed by atoms with Crippen LogP contribution >= 0.6 is 0 Å². The van der Waals surface area contributed by atoms with E-state index in [0.717, 1.165) is 30.5 Å². The lowest BCUT2D eigenvalue weighted by Crippen LogP contribution is -2.26. The molecule has 0 fully saturated rings. The van der Waals surface area contributed by atoms with E-state index in [1.165, 1.54) is 5.56 Å². The van der Waals surface area contributed by atoms with Crippen molar-refractivity contribution in [2.24, 2.45) is 0 Å². The summed E-state index contributed by atoms with van der Waals surface area (Å²) in [5.41, 5.74) is 3.23. The van der Waals surface area contributed by atoms with Crippen LogP contribution < -0.4 is 0 Å². The van der Waals surface area contributed by atoms with Gasteiger partial charge >= 0.3 is 0 Å². The molecule has 1 aliphatic heterocycles. The molecule has 2 heteroatoms. The van der Waals surface area contributed by atoms with Crippen LogP contribution in [0.15, 0.2) is 18.2 Å². The van der Waals surface area contributed by atoms with Crippen LogP contribution in [-0.2, 0) is 6.42 Å². The fourth-order valence-electron chi connectivity index (χ4n) is 2.04. The number of nitrogens with zero attached hydrogens (tertiary/aromatic N) is 1. The average Bonchev–Trinajstić information content (AvgIpc) is 2.29. The highest BCUT2D eigenvalue weighted by Crippen LogP contribution is 2.20. The molecule has 0 N–H and O–H groups in total. The number of benzene rings is 1. The van der Waals surface area contributed by atoms with Gasteiger partial charge in [-0.25, -0.2) is 0 Å². The number of fused-ring (bicyclic) bond motifs is 1. The first-order valence-electron chi connectivity index (χ1n) is 5.04. The fourth-order valence-corrected chi connectivity index (χ4v) is 2.04. The lowest BCUT2D eigenvalue weighted by molar-refractivity contribution is 0.0799. The van der Waals surface area contributed by atoms with Gasteiger partial charge in [0.05, 0.1) is 0 Å². The lowest BCUT2D eigenvalue weighted by atomic mass is 9.99. The van der Waals surface area contributed by atoms with Gasteiger partial charge in [0, 0.05) is 19.2 Å². The van der Waals surface area contributed by atoms with Crippen LogP contribution in [0.4, 0.5) is 0 Å². The fraction of sp³-hybridized carbons (Fsp3) is 0.417. The molecule has 0 unspecified atom stereocenters. The summed E-state index contributed by atoms with van der Waals surface area (Å²) in [6, 6.07) is 6.11. The molecular formula is C12H15NO. The number of hydrogen-bond acceptors (Lipinski definition) is 1. The topological polar surface area (TPSA) is 20.3 Å². The standard InChI is InChI=1S/C12H15NO/c1-9-5-3-6-10-7-4-8-13(2)12(14)11(9)10/h3,5-6H,4,7-8H2,1-2H3. The monoisotopic (exact) mass is 189 g/mol. The van der Waals surface area contributed by atoms with E-state index in [0.29, 0.717) is 0 Å². The molecule has 1 aromatic rings. The van der Waals surface area contributed by atoms with E-state index in [1.54, 1.807) is 0 Å². The van der Waals surface area contributed by atoms with Crippen LogP contribution in [-0.4, -0.2) is 24.4 Å². The molecule has 0 radical (unpaired) electrons. The van der Waals surface area contributed by atoms with Gasteiger partial charge in [0.15, 0.2) is 0 Å². The van der Waals surface area contributed by atoms with Crippen LogP contribution in [0.25, 0.3) is 0 Å². The average molecular weight is 189 g/mol. The number of hydrogen-bond donors (Lipinski definition) is 0. The van der Waals surface area contributed by atoms with Crippen molar-refractivity contribution < 1.29 is 4.79 Å². The van der Waals surface area contributed by atoms with Crippen molar-refractivity contribution in [3.63, 3.8) is 0 Å². The minimum absolute atomic E-state index is 0.176. The SMILES string of the molecule is Cc1cccc2c1C(=O)N(C)CCC2. The molecule has 1 amide bonds. The highest BCUT2D eigenvalue weighted by atomic mass is 16.2. The summed E-state index contributed by atoms with van der Waals surface area (Å²) in [6.45, 7) is 2.88. The molecule has 0 atom stereocenters. The second-order valence-corrected chi connectivity index (χ2v) is 3.94. The third-order valence-corrected chi connectivity index (χ3v) is 2.86. The highest BCUT2D eigenvalue weighted by molar-refractivity contribution is 5.97. The van der Waals surface area contributed by atoms with Crippen molar-refractivity contribution in [3.8, 4) is 0 Å². The van der Waals surface area contributed by atoms with Gasteiger partial charge in [0.25, 0.3) is 5.91 Å². The van der Waals surface area contributed by atoms with Crippen molar-refractivity contribution in [1.29, 1.82) is 0 Å². The molecule has 14 heavy (non-hydrogen) atoms. The van der Waals surface area contributed by atoms with Crippen molar-refractivity contribution in [1.82, 2.24) is 4.90 Å². The largest absolute Gasteiger partial charge is 0.342 e. The second-order valence-electron chi connectivity index (χ2n) is 3.94. The van der Waals surface area contributed by atoms with Crippen LogP contribution in [0, 0.1) is 6.92 Å². The van der Waals surface area contributed by atoms with Crippen LogP contribution in [0.5, 0.6) is 0 Å². The van der Waals surface area contributed by atoms with Gasteiger partial charge in [-0.05, 0) is 30.9 Å². The van der Waals surface area contributed by atoms with Gasteiger partial charge in [0.2, 0.25) is 0 Å². The minimum Gasteiger partial charge on any atom is -0.342 e. The van der Waals surface area contributed by atoms with E-state index in [2.05, 4.69) is 6.07 Å². The summed E-state index contributed by atoms with van der Waals surface area (Å²) < 4.78 is 0. The van der Waals surface area contributed by atoms with E-state index in [9.17, 15) is 4.79 Å². The first-order valence-corrected chi connectivity index (χ1v) is 5.04. The summed E-state index contributed by atoms with van der Waals surface area (Å²) in [6.07, 6.45) is 2.09.